The van der Waals surface area contributed by atoms with Gasteiger partial charge in [-0.15, -0.1) is 0 Å². The Balaban J connectivity index is 1.43. The highest BCUT2D eigenvalue weighted by atomic mass is 35.5. The number of nitrogens with one attached hydrogen (secondary N) is 2. The number of aromatic nitrogens is 1. The molecule has 194 valence electrons. The molecule has 0 radical (unpaired) electrons. The molecule has 9 heteroatoms. The summed E-state index contributed by atoms with van der Waals surface area (Å²) in [5, 5.41) is 6.34. The largest absolute Gasteiger partial charge is 0.444 e. The van der Waals surface area contributed by atoms with Gasteiger partial charge in [0.25, 0.3) is 0 Å². The summed E-state index contributed by atoms with van der Waals surface area (Å²) in [6, 6.07) is 23.6. The van der Waals surface area contributed by atoms with Crippen LogP contribution >= 0.6 is 23.2 Å². The number of rotatable bonds is 7. The minimum Gasteiger partial charge on any atom is -0.444 e. The van der Waals surface area contributed by atoms with Crippen molar-refractivity contribution in [2.24, 2.45) is 0 Å². The van der Waals surface area contributed by atoms with E-state index in [1.807, 2.05) is 42.5 Å². The number of carbonyl (C=O) groups excluding carboxylic acids is 2. The Labute approximate surface area is 230 Å². The van der Waals surface area contributed by atoms with E-state index in [4.69, 9.17) is 32.7 Å². The van der Waals surface area contributed by atoms with Crippen LogP contribution in [0.4, 0.5) is 21.0 Å². The number of fused-ring (bicyclic) bond motifs is 1. The minimum atomic E-state index is -0.587. The van der Waals surface area contributed by atoms with E-state index in [0.29, 0.717) is 21.4 Å². The Hall–Kier alpha value is -3.94. The number of para-hydroxylation sites is 2. The monoisotopic (exact) mass is 549 g/mol. The molecule has 3 aromatic carbocycles. The molecule has 0 fully saturated rings. The SMILES string of the molecule is O=C(Nc1ccccc1)OCc1c(COC(=O)Nc2ccccc2)c(-c2ccc(Cl)c(Cl)c2)n2c1CCC2. The van der Waals surface area contributed by atoms with E-state index < -0.39 is 12.2 Å². The molecule has 0 atom stereocenters. The molecule has 1 aliphatic rings. The molecule has 0 spiro atoms. The summed E-state index contributed by atoms with van der Waals surface area (Å²) in [7, 11) is 0. The van der Waals surface area contributed by atoms with Gasteiger partial charge in [-0.05, 0) is 49.2 Å². The number of carbonyl (C=O) groups is 2. The molecule has 38 heavy (non-hydrogen) atoms. The number of amides is 2. The Morgan fingerprint density at radius 3 is 1.92 bits per heavy atom. The van der Waals surface area contributed by atoms with E-state index >= 15 is 0 Å². The molecule has 7 nitrogen and oxygen atoms in total. The number of hydrogen-bond donors (Lipinski definition) is 2. The van der Waals surface area contributed by atoms with Crippen LogP contribution in [0.15, 0.2) is 78.9 Å². The molecular formula is C29H25Cl2N3O4. The Kier molecular flexibility index (Phi) is 7.86. The van der Waals surface area contributed by atoms with Crippen LogP contribution in [0.1, 0.15) is 23.2 Å². The first kappa shape index (κ1) is 25.7. The fourth-order valence-corrected chi connectivity index (χ4v) is 4.94. The van der Waals surface area contributed by atoms with Crippen molar-refractivity contribution in [3.05, 3.63) is 106 Å². The predicted molar refractivity (Wildman–Crippen MR) is 149 cm³/mol. The lowest BCUT2D eigenvalue weighted by molar-refractivity contribution is 0.147. The maximum Gasteiger partial charge on any atom is 0.411 e. The summed E-state index contributed by atoms with van der Waals surface area (Å²) in [5.41, 5.74) is 5.59. The second-order valence-electron chi connectivity index (χ2n) is 8.77. The van der Waals surface area contributed by atoms with Crippen LogP contribution < -0.4 is 10.6 Å². The molecule has 0 aliphatic carbocycles. The number of nitrogens with zero attached hydrogens (tertiary/aromatic N) is 1. The lowest BCUT2D eigenvalue weighted by atomic mass is 10.0. The fraction of sp³-hybridized carbons (Fsp3) is 0.172. The maximum atomic E-state index is 12.6. The highest BCUT2D eigenvalue weighted by Gasteiger charge is 2.28. The van der Waals surface area contributed by atoms with Crippen LogP contribution in [-0.4, -0.2) is 16.8 Å². The highest BCUT2D eigenvalue weighted by molar-refractivity contribution is 6.42. The van der Waals surface area contributed by atoms with Crippen LogP contribution in [0.5, 0.6) is 0 Å². The number of ether oxygens (including phenoxy) is 2. The molecule has 1 aromatic heterocycles. The lowest BCUT2D eigenvalue weighted by Crippen LogP contribution is -2.16. The Morgan fingerprint density at radius 1 is 0.763 bits per heavy atom. The highest BCUT2D eigenvalue weighted by Crippen LogP contribution is 2.39. The van der Waals surface area contributed by atoms with Gasteiger partial charge in [0.05, 0.1) is 15.7 Å². The van der Waals surface area contributed by atoms with E-state index in [1.54, 1.807) is 36.4 Å². The van der Waals surface area contributed by atoms with Gasteiger partial charge in [0.2, 0.25) is 0 Å². The zero-order valence-electron chi connectivity index (χ0n) is 20.4. The van der Waals surface area contributed by atoms with Crippen molar-refractivity contribution in [3.63, 3.8) is 0 Å². The standard InChI is InChI=1S/C29H25Cl2N3O4/c30-24-14-13-19(16-25(24)31)27-23(18-38-29(36)33-21-10-5-2-6-11-21)22(26-12-7-15-34(26)27)17-37-28(35)32-20-8-3-1-4-9-20/h1-6,8-11,13-14,16H,7,12,15,17-18H2,(H,32,35)(H,33,36). The van der Waals surface area contributed by atoms with Crippen LogP contribution in [-0.2, 0) is 35.7 Å². The van der Waals surface area contributed by atoms with Crippen molar-refractivity contribution < 1.29 is 19.1 Å². The van der Waals surface area contributed by atoms with Gasteiger partial charge in [-0.3, -0.25) is 10.6 Å². The van der Waals surface area contributed by atoms with Crippen LogP contribution in [0.3, 0.4) is 0 Å². The number of anilines is 2. The third-order valence-electron chi connectivity index (χ3n) is 6.32. The van der Waals surface area contributed by atoms with Gasteiger partial charge >= 0.3 is 12.2 Å². The van der Waals surface area contributed by atoms with Gasteiger partial charge in [-0.1, -0.05) is 65.7 Å². The molecule has 0 saturated heterocycles. The number of hydrogen-bond acceptors (Lipinski definition) is 4. The van der Waals surface area contributed by atoms with Crippen LogP contribution in [0.25, 0.3) is 11.3 Å². The summed E-state index contributed by atoms with van der Waals surface area (Å²) in [4.78, 5) is 25.2. The fourth-order valence-electron chi connectivity index (χ4n) is 4.64. The van der Waals surface area contributed by atoms with E-state index in [1.165, 1.54) is 0 Å². The third-order valence-corrected chi connectivity index (χ3v) is 7.06. The molecule has 0 unspecified atom stereocenters. The third kappa shape index (κ3) is 5.79. The van der Waals surface area contributed by atoms with Crippen molar-refractivity contribution >= 4 is 46.8 Å². The molecule has 5 rings (SSSR count). The quantitative estimate of drug-likeness (QED) is 0.245. The molecule has 1 aliphatic heterocycles. The average molecular weight is 550 g/mol. The van der Waals surface area contributed by atoms with E-state index in [9.17, 15) is 9.59 Å². The number of benzene rings is 3. The van der Waals surface area contributed by atoms with Gasteiger partial charge in [0, 0.05) is 40.3 Å². The normalized spacial score (nSPS) is 12.1. The predicted octanol–water partition coefficient (Wildman–Crippen LogP) is 7.91. The van der Waals surface area contributed by atoms with Gasteiger partial charge in [0.1, 0.15) is 13.2 Å². The van der Waals surface area contributed by atoms with Gasteiger partial charge < -0.3 is 14.0 Å². The van der Waals surface area contributed by atoms with Gasteiger partial charge in [-0.25, -0.2) is 9.59 Å². The van der Waals surface area contributed by atoms with Crippen LogP contribution in [0.2, 0.25) is 10.0 Å². The first-order chi connectivity index (χ1) is 18.5. The Bertz CT molecular complexity index is 1460. The number of halogens is 2. The van der Waals surface area contributed by atoms with Crippen LogP contribution in [0, 0.1) is 0 Å². The maximum absolute atomic E-state index is 12.6. The molecule has 0 bridgehead atoms. The molecule has 2 amide bonds. The van der Waals surface area contributed by atoms with E-state index in [2.05, 4.69) is 15.2 Å². The summed E-state index contributed by atoms with van der Waals surface area (Å²) in [5.74, 6) is 0. The van der Waals surface area contributed by atoms with Gasteiger partial charge in [-0.2, -0.15) is 0 Å². The van der Waals surface area contributed by atoms with Crippen molar-refractivity contribution in [1.82, 2.24) is 4.57 Å². The minimum absolute atomic E-state index is 0.0206. The average Bonchev–Trinajstić information content (AvgIpc) is 3.50. The van der Waals surface area contributed by atoms with E-state index in [0.717, 1.165) is 47.5 Å². The molecular weight excluding hydrogens is 525 g/mol. The molecule has 4 aromatic rings. The summed E-state index contributed by atoms with van der Waals surface area (Å²) >= 11 is 12.5. The summed E-state index contributed by atoms with van der Waals surface area (Å²) in [6.07, 6.45) is 0.599. The smallest absolute Gasteiger partial charge is 0.411 e. The van der Waals surface area contributed by atoms with Gasteiger partial charge in [0.15, 0.2) is 0 Å². The molecule has 2 N–H and O–H groups in total. The zero-order valence-corrected chi connectivity index (χ0v) is 21.9. The first-order valence-corrected chi connectivity index (χ1v) is 12.9. The summed E-state index contributed by atoms with van der Waals surface area (Å²) in [6.45, 7) is 0.784. The van der Waals surface area contributed by atoms with Crippen molar-refractivity contribution in [1.29, 1.82) is 0 Å². The second-order valence-corrected chi connectivity index (χ2v) is 9.59. The Morgan fingerprint density at radius 2 is 1.34 bits per heavy atom. The topological polar surface area (TPSA) is 81.6 Å². The molecule has 2 heterocycles. The zero-order chi connectivity index (χ0) is 26.5. The second kappa shape index (κ2) is 11.6. The van der Waals surface area contributed by atoms with E-state index in [-0.39, 0.29) is 13.2 Å². The van der Waals surface area contributed by atoms with Crippen molar-refractivity contribution in [2.75, 3.05) is 10.6 Å². The summed E-state index contributed by atoms with van der Waals surface area (Å²) < 4.78 is 13.5. The van der Waals surface area contributed by atoms with Crippen molar-refractivity contribution in [2.45, 2.75) is 32.6 Å². The van der Waals surface area contributed by atoms with Crippen molar-refractivity contribution in [3.8, 4) is 11.3 Å². The first-order valence-electron chi connectivity index (χ1n) is 12.2. The molecule has 0 saturated carbocycles. The lowest BCUT2D eigenvalue weighted by Gasteiger charge is -2.13.